The molecule has 0 aromatic heterocycles. The Hall–Kier alpha value is -2.71. The van der Waals surface area contributed by atoms with Crippen molar-refractivity contribution in [2.45, 2.75) is 13.3 Å². The predicted molar refractivity (Wildman–Crippen MR) is 120 cm³/mol. The Morgan fingerprint density at radius 2 is 1.86 bits per heavy atom. The molecule has 0 fully saturated rings. The number of methoxy groups -OCH3 is 2. The molecular weight excluding hydrogens is 414 g/mol. The number of carbonyl (C=O) groups excluding carboxylic acids is 1. The smallest absolute Gasteiger partial charge is 0.221 e. The lowest BCUT2D eigenvalue weighted by atomic mass is 10.2. The van der Waals surface area contributed by atoms with E-state index in [0.29, 0.717) is 51.9 Å². The fourth-order valence-electron chi connectivity index (χ4n) is 2.46. The standard InChI is InChI=1S/C20H24ClN3O4S/c1-13(25)23-14-6-4-7-15(10-14)28-9-5-8-22-20(29)24-17-12-18(26-2)16(21)11-19(17)27-3/h4,6-7,10-12H,5,8-9H2,1-3H3,(H,23,25)(H2,22,24,29). The fraction of sp³-hybridized carbons (Fsp3) is 0.300. The van der Waals surface area contributed by atoms with Crippen LogP contribution in [0.5, 0.6) is 17.2 Å². The Labute approximate surface area is 180 Å². The topological polar surface area (TPSA) is 80.9 Å². The third-order valence-electron chi connectivity index (χ3n) is 3.75. The zero-order valence-corrected chi connectivity index (χ0v) is 18.1. The molecule has 0 aliphatic rings. The summed E-state index contributed by atoms with van der Waals surface area (Å²) in [4.78, 5) is 11.1. The number of hydrogen-bond donors (Lipinski definition) is 3. The van der Waals surface area contributed by atoms with Gasteiger partial charge in [-0.25, -0.2) is 0 Å². The van der Waals surface area contributed by atoms with Crippen molar-refractivity contribution in [3.8, 4) is 17.2 Å². The van der Waals surface area contributed by atoms with Crippen LogP contribution in [-0.2, 0) is 4.79 Å². The van der Waals surface area contributed by atoms with Gasteiger partial charge in [-0.15, -0.1) is 0 Å². The second-order valence-corrected chi connectivity index (χ2v) is 6.79. The molecule has 7 nitrogen and oxygen atoms in total. The molecule has 0 saturated heterocycles. The van der Waals surface area contributed by atoms with Crippen LogP contribution in [0.1, 0.15) is 13.3 Å². The summed E-state index contributed by atoms with van der Waals surface area (Å²) < 4.78 is 16.2. The van der Waals surface area contributed by atoms with E-state index in [4.69, 9.17) is 38.0 Å². The van der Waals surface area contributed by atoms with E-state index in [0.717, 1.165) is 6.42 Å². The number of rotatable bonds is 9. The molecule has 0 bridgehead atoms. The highest BCUT2D eigenvalue weighted by molar-refractivity contribution is 7.80. The molecule has 1 amide bonds. The van der Waals surface area contributed by atoms with Gasteiger partial charge in [-0.05, 0) is 30.8 Å². The quantitative estimate of drug-likeness (QED) is 0.403. The molecule has 0 aliphatic carbocycles. The Bertz CT molecular complexity index is 864. The van der Waals surface area contributed by atoms with Crippen LogP contribution in [0, 0.1) is 0 Å². The molecule has 2 aromatic carbocycles. The number of carbonyl (C=O) groups is 1. The van der Waals surface area contributed by atoms with E-state index in [-0.39, 0.29) is 5.91 Å². The van der Waals surface area contributed by atoms with Crippen LogP contribution in [-0.4, -0.2) is 38.4 Å². The van der Waals surface area contributed by atoms with Gasteiger partial charge in [0.15, 0.2) is 5.11 Å². The summed E-state index contributed by atoms with van der Waals surface area (Å²) in [6, 6.07) is 10.6. The van der Waals surface area contributed by atoms with E-state index >= 15 is 0 Å². The Kier molecular flexibility index (Phi) is 8.82. The summed E-state index contributed by atoms with van der Waals surface area (Å²) in [5, 5.41) is 9.80. The average Bonchev–Trinajstić information content (AvgIpc) is 2.68. The van der Waals surface area contributed by atoms with E-state index in [1.807, 2.05) is 12.1 Å². The molecule has 2 rings (SSSR count). The molecule has 2 aromatic rings. The molecule has 0 unspecified atom stereocenters. The van der Waals surface area contributed by atoms with E-state index in [1.165, 1.54) is 6.92 Å². The molecule has 156 valence electrons. The third-order valence-corrected chi connectivity index (χ3v) is 4.29. The van der Waals surface area contributed by atoms with Gasteiger partial charge in [-0.1, -0.05) is 17.7 Å². The Morgan fingerprint density at radius 1 is 1.10 bits per heavy atom. The van der Waals surface area contributed by atoms with Crippen LogP contribution in [0.2, 0.25) is 5.02 Å². The number of anilines is 2. The molecule has 0 heterocycles. The molecule has 0 atom stereocenters. The van der Waals surface area contributed by atoms with Crippen LogP contribution in [0.25, 0.3) is 0 Å². The van der Waals surface area contributed by atoms with Crippen molar-refractivity contribution in [1.82, 2.24) is 5.32 Å². The average molecular weight is 438 g/mol. The van der Waals surface area contributed by atoms with Crippen LogP contribution < -0.4 is 30.2 Å². The predicted octanol–water partition coefficient (Wildman–Crippen LogP) is 4.07. The first-order valence-electron chi connectivity index (χ1n) is 8.89. The highest BCUT2D eigenvalue weighted by Gasteiger charge is 2.11. The minimum absolute atomic E-state index is 0.123. The number of hydrogen-bond acceptors (Lipinski definition) is 5. The summed E-state index contributed by atoms with van der Waals surface area (Å²) >= 11 is 11.4. The monoisotopic (exact) mass is 437 g/mol. The third kappa shape index (κ3) is 7.32. The molecule has 29 heavy (non-hydrogen) atoms. The molecule has 0 radical (unpaired) electrons. The van der Waals surface area contributed by atoms with Crippen LogP contribution in [0.15, 0.2) is 36.4 Å². The molecule has 0 saturated carbocycles. The van der Waals surface area contributed by atoms with Crippen molar-refractivity contribution in [2.24, 2.45) is 0 Å². The number of thiocarbonyl (C=S) groups is 1. The van der Waals surface area contributed by atoms with E-state index < -0.39 is 0 Å². The number of amides is 1. The lowest BCUT2D eigenvalue weighted by Gasteiger charge is -2.15. The fourth-order valence-corrected chi connectivity index (χ4v) is 2.90. The maximum atomic E-state index is 11.1. The van der Waals surface area contributed by atoms with E-state index in [1.54, 1.807) is 38.5 Å². The zero-order chi connectivity index (χ0) is 21.2. The summed E-state index contributed by atoms with van der Waals surface area (Å²) in [7, 11) is 3.10. The Balaban J connectivity index is 1.77. The summed E-state index contributed by atoms with van der Waals surface area (Å²) in [5.41, 5.74) is 1.35. The summed E-state index contributed by atoms with van der Waals surface area (Å²) in [6.07, 6.45) is 0.729. The highest BCUT2D eigenvalue weighted by atomic mass is 35.5. The van der Waals surface area contributed by atoms with E-state index in [2.05, 4.69) is 16.0 Å². The van der Waals surface area contributed by atoms with Crippen molar-refractivity contribution in [3.05, 3.63) is 41.4 Å². The first kappa shape index (κ1) is 22.6. The molecule has 3 N–H and O–H groups in total. The van der Waals surface area contributed by atoms with Crippen LogP contribution in [0.4, 0.5) is 11.4 Å². The lowest BCUT2D eigenvalue weighted by molar-refractivity contribution is -0.114. The van der Waals surface area contributed by atoms with Gasteiger partial charge >= 0.3 is 0 Å². The molecule has 0 spiro atoms. The second kappa shape index (κ2) is 11.3. The zero-order valence-electron chi connectivity index (χ0n) is 16.5. The van der Waals surface area contributed by atoms with E-state index in [9.17, 15) is 4.79 Å². The molecular formula is C20H24ClN3O4S. The van der Waals surface area contributed by atoms with Gasteiger partial charge in [-0.2, -0.15) is 0 Å². The first-order valence-corrected chi connectivity index (χ1v) is 9.68. The van der Waals surface area contributed by atoms with Crippen LogP contribution >= 0.6 is 23.8 Å². The molecule has 0 aliphatic heterocycles. The highest BCUT2D eigenvalue weighted by Crippen LogP contribution is 2.35. The van der Waals surface area contributed by atoms with Crippen molar-refractivity contribution in [3.63, 3.8) is 0 Å². The van der Waals surface area contributed by atoms with Gasteiger partial charge in [-0.3, -0.25) is 4.79 Å². The minimum Gasteiger partial charge on any atom is -0.495 e. The number of benzene rings is 2. The maximum Gasteiger partial charge on any atom is 0.221 e. The minimum atomic E-state index is -0.123. The van der Waals surface area contributed by atoms with Crippen LogP contribution in [0.3, 0.4) is 0 Å². The second-order valence-electron chi connectivity index (χ2n) is 5.98. The van der Waals surface area contributed by atoms with Crippen molar-refractivity contribution < 1.29 is 19.0 Å². The summed E-state index contributed by atoms with van der Waals surface area (Å²) in [5.74, 6) is 1.65. The summed E-state index contributed by atoms with van der Waals surface area (Å²) in [6.45, 7) is 2.58. The van der Waals surface area contributed by atoms with Gasteiger partial charge in [0.1, 0.15) is 17.2 Å². The van der Waals surface area contributed by atoms with Gasteiger partial charge in [0.2, 0.25) is 5.91 Å². The maximum absolute atomic E-state index is 11.1. The molecule has 9 heteroatoms. The normalized spacial score (nSPS) is 10.1. The largest absolute Gasteiger partial charge is 0.495 e. The van der Waals surface area contributed by atoms with Gasteiger partial charge < -0.3 is 30.2 Å². The lowest BCUT2D eigenvalue weighted by Crippen LogP contribution is -2.30. The SMILES string of the molecule is COc1cc(NC(=S)NCCCOc2cccc(NC(C)=O)c2)c(OC)cc1Cl. The van der Waals surface area contributed by atoms with Crippen molar-refractivity contribution in [2.75, 3.05) is 38.0 Å². The Morgan fingerprint density at radius 3 is 2.55 bits per heavy atom. The van der Waals surface area contributed by atoms with Gasteiger partial charge in [0, 0.05) is 37.4 Å². The van der Waals surface area contributed by atoms with Crippen molar-refractivity contribution >= 4 is 46.2 Å². The number of nitrogens with one attached hydrogen (secondary N) is 3. The number of halogens is 1. The number of ether oxygens (including phenoxy) is 3. The van der Waals surface area contributed by atoms with Gasteiger partial charge in [0.05, 0.1) is 31.5 Å². The van der Waals surface area contributed by atoms with Crippen molar-refractivity contribution in [1.29, 1.82) is 0 Å². The first-order chi connectivity index (χ1) is 13.9. The van der Waals surface area contributed by atoms with Gasteiger partial charge in [0.25, 0.3) is 0 Å².